The highest BCUT2D eigenvalue weighted by Gasteiger charge is 2.23. The summed E-state index contributed by atoms with van der Waals surface area (Å²) in [6, 6.07) is 15.5. The average Bonchev–Trinajstić information content (AvgIpc) is 3.03. The van der Waals surface area contributed by atoms with Gasteiger partial charge in [0, 0.05) is 11.8 Å². The highest BCUT2D eigenvalue weighted by atomic mass is 32.2. The van der Waals surface area contributed by atoms with Gasteiger partial charge in [0.2, 0.25) is 0 Å². The largest absolute Gasteiger partial charge is 0.360 e. The van der Waals surface area contributed by atoms with Crippen LogP contribution in [0.1, 0.15) is 34.6 Å². The molecule has 0 radical (unpaired) electrons. The van der Waals surface area contributed by atoms with Crippen LogP contribution in [-0.4, -0.2) is 25.7 Å². The second kappa shape index (κ2) is 7.36. The van der Waals surface area contributed by atoms with Crippen molar-refractivity contribution in [3.05, 3.63) is 71.5 Å². The van der Waals surface area contributed by atoms with Crippen LogP contribution in [0.15, 0.2) is 64.0 Å². The molecule has 0 aliphatic carbocycles. The standard InChI is InChI=1S/C20H20N2O4S/c1-13(15-9-11-17(12-10-15)27(3,24)25)21-20(23)18-14(2)26-22-19(18)16-7-5-4-6-8-16/h4-13H,1-3H3,(H,21,23). The molecule has 0 aliphatic rings. The summed E-state index contributed by atoms with van der Waals surface area (Å²) in [5, 5.41) is 6.94. The van der Waals surface area contributed by atoms with Crippen LogP contribution in [-0.2, 0) is 9.84 Å². The first-order valence-corrected chi connectivity index (χ1v) is 10.3. The molecule has 7 heteroatoms. The minimum Gasteiger partial charge on any atom is -0.360 e. The number of hydrogen-bond acceptors (Lipinski definition) is 5. The fraction of sp³-hybridized carbons (Fsp3) is 0.200. The normalized spacial score (nSPS) is 12.6. The third-order valence-corrected chi connectivity index (χ3v) is 5.42. The molecule has 6 nitrogen and oxygen atoms in total. The van der Waals surface area contributed by atoms with Crippen molar-refractivity contribution in [1.29, 1.82) is 0 Å². The smallest absolute Gasteiger partial charge is 0.257 e. The number of hydrogen-bond donors (Lipinski definition) is 1. The summed E-state index contributed by atoms with van der Waals surface area (Å²) in [7, 11) is -3.25. The van der Waals surface area contributed by atoms with E-state index in [2.05, 4.69) is 10.5 Å². The summed E-state index contributed by atoms with van der Waals surface area (Å²) in [5.74, 6) is 0.137. The third-order valence-electron chi connectivity index (χ3n) is 4.29. The maximum Gasteiger partial charge on any atom is 0.257 e. The fourth-order valence-electron chi connectivity index (χ4n) is 2.79. The van der Waals surface area contributed by atoms with Gasteiger partial charge in [-0.25, -0.2) is 8.42 Å². The van der Waals surface area contributed by atoms with Crippen molar-refractivity contribution in [2.45, 2.75) is 24.8 Å². The number of rotatable bonds is 5. The Morgan fingerprint density at radius 1 is 1.07 bits per heavy atom. The first kappa shape index (κ1) is 18.8. The van der Waals surface area contributed by atoms with Crippen LogP contribution in [0.25, 0.3) is 11.3 Å². The summed E-state index contributed by atoms with van der Waals surface area (Å²) in [5.41, 5.74) is 2.47. The lowest BCUT2D eigenvalue weighted by Gasteiger charge is -2.15. The monoisotopic (exact) mass is 384 g/mol. The summed E-state index contributed by atoms with van der Waals surface area (Å²) in [6.45, 7) is 3.53. The Morgan fingerprint density at radius 2 is 1.70 bits per heavy atom. The van der Waals surface area contributed by atoms with Crippen LogP contribution in [0.2, 0.25) is 0 Å². The minimum absolute atomic E-state index is 0.242. The first-order chi connectivity index (χ1) is 12.8. The summed E-state index contributed by atoms with van der Waals surface area (Å²) in [6.07, 6.45) is 1.16. The molecule has 0 bridgehead atoms. The lowest BCUT2D eigenvalue weighted by Crippen LogP contribution is -2.27. The molecule has 3 aromatic rings. The second-order valence-electron chi connectivity index (χ2n) is 6.36. The van der Waals surface area contributed by atoms with Gasteiger partial charge in [0.1, 0.15) is 17.0 Å². The summed E-state index contributed by atoms with van der Waals surface area (Å²) >= 11 is 0. The van der Waals surface area contributed by atoms with Crippen LogP contribution in [0.3, 0.4) is 0 Å². The Labute approximate surface area is 158 Å². The second-order valence-corrected chi connectivity index (χ2v) is 8.38. The van der Waals surface area contributed by atoms with Crippen molar-refractivity contribution in [3.63, 3.8) is 0 Å². The molecule has 27 heavy (non-hydrogen) atoms. The summed E-state index contributed by atoms with van der Waals surface area (Å²) in [4.78, 5) is 13.1. The lowest BCUT2D eigenvalue weighted by molar-refractivity contribution is 0.0939. The van der Waals surface area contributed by atoms with Crippen LogP contribution < -0.4 is 5.32 Å². The van der Waals surface area contributed by atoms with Gasteiger partial charge in [0.15, 0.2) is 9.84 Å². The van der Waals surface area contributed by atoms with Crippen molar-refractivity contribution >= 4 is 15.7 Å². The number of carbonyl (C=O) groups is 1. The number of nitrogens with one attached hydrogen (secondary N) is 1. The fourth-order valence-corrected chi connectivity index (χ4v) is 3.42. The van der Waals surface area contributed by atoms with E-state index in [1.165, 1.54) is 12.1 Å². The molecule has 0 saturated heterocycles. The number of benzene rings is 2. The quantitative estimate of drug-likeness (QED) is 0.727. The van der Waals surface area contributed by atoms with Gasteiger partial charge in [-0.15, -0.1) is 0 Å². The highest BCUT2D eigenvalue weighted by Crippen LogP contribution is 2.26. The van der Waals surface area contributed by atoms with Gasteiger partial charge in [-0.3, -0.25) is 4.79 Å². The van der Waals surface area contributed by atoms with E-state index in [4.69, 9.17) is 4.52 Å². The zero-order valence-corrected chi connectivity index (χ0v) is 16.1. The van der Waals surface area contributed by atoms with E-state index in [1.54, 1.807) is 19.1 Å². The lowest BCUT2D eigenvalue weighted by atomic mass is 10.0. The Kier molecular flexibility index (Phi) is 5.14. The number of carbonyl (C=O) groups excluding carboxylic acids is 1. The maximum absolute atomic E-state index is 12.8. The molecular formula is C20H20N2O4S. The molecule has 1 N–H and O–H groups in total. The van der Waals surface area contributed by atoms with Crippen LogP contribution in [0, 0.1) is 6.92 Å². The summed E-state index contributed by atoms with van der Waals surface area (Å²) < 4.78 is 28.4. The van der Waals surface area contributed by atoms with Gasteiger partial charge < -0.3 is 9.84 Å². The van der Waals surface area contributed by atoms with Crippen LogP contribution in [0.5, 0.6) is 0 Å². The maximum atomic E-state index is 12.8. The van der Waals surface area contributed by atoms with Gasteiger partial charge in [-0.05, 0) is 31.5 Å². The topological polar surface area (TPSA) is 89.3 Å². The minimum atomic E-state index is -3.25. The van der Waals surface area contributed by atoms with Gasteiger partial charge in [-0.1, -0.05) is 47.6 Å². The Morgan fingerprint density at radius 3 is 2.30 bits per heavy atom. The van der Waals surface area contributed by atoms with Gasteiger partial charge in [0.25, 0.3) is 5.91 Å². The predicted octanol–water partition coefficient (Wildman–Crippen LogP) is 3.54. The van der Waals surface area contributed by atoms with E-state index in [-0.39, 0.29) is 16.8 Å². The molecule has 1 heterocycles. The van der Waals surface area contributed by atoms with E-state index < -0.39 is 9.84 Å². The van der Waals surface area contributed by atoms with Crippen molar-refractivity contribution in [2.24, 2.45) is 0 Å². The molecule has 1 unspecified atom stereocenters. The van der Waals surface area contributed by atoms with Crippen molar-refractivity contribution < 1.29 is 17.7 Å². The van der Waals surface area contributed by atoms with Crippen LogP contribution in [0.4, 0.5) is 0 Å². The molecule has 140 valence electrons. The number of amides is 1. The molecule has 2 aromatic carbocycles. The van der Waals surface area contributed by atoms with Gasteiger partial charge in [0.05, 0.1) is 10.9 Å². The molecule has 3 rings (SSSR count). The van der Waals surface area contributed by atoms with E-state index in [0.717, 1.165) is 17.4 Å². The number of sulfone groups is 1. The molecule has 0 saturated carbocycles. The highest BCUT2D eigenvalue weighted by molar-refractivity contribution is 7.90. The van der Waals surface area contributed by atoms with E-state index in [0.29, 0.717) is 17.0 Å². The molecule has 1 aromatic heterocycles. The molecule has 0 fully saturated rings. The third kappa shape index (κ3) is 4.09. The Hall–Kier alpha value is -2.93. The zero-order valence-electron chi connectivity index (χ0n) is 15.3. The average molecular weight is 384 g/mol. The van der Waals surface area contributed by atoms with Crippen molar-refractivity contribution in [2.75, 3.05) is 6.26 Å². The number of nitrogens with zero attached hydrogens (tertiary/aromatic N) is 1. The van der Waals surface area contributed by atoms with Crippen molar-refractivity contribution in [3.8, 4) is 11.3 Å². The predicted molar refractivity (Wildman–Crippen MR) is 102 cm³/mol. The molecular weight excluding hydrogens is 364 g/mol. The number of aromatic nitrogens is 1. The zero-order chi connectivity index (χ0) is 19.6. The van der Waals surface area contributed by atoms with Gasteiger partial charge in [-0.2, -0.15) is 0 Å². The molecule has 1 atom stereocenters. The Bertz CT molecular complexity index is 1060. The van der Waals surface area contributed by atoms with E-state index >= 15 is 0 Å². The first-order valence-electron chi connectivity index (χ1n) is 8.40. The van der Waals surface area contributed by atoms with E-state index in [1.807, 2.05) is 37.3 Å². The van der Waals surface area contributed by atoms with Gasteiger partial charge >= 0.3 is 0 Å². The molecule has 0 aliphatic heterocycles. The molecule has 1 amide bonds. The molecule has 0 spiro atoms. The Balaban J connectivity index is 1.83. The SMILES string of the molecule is Cc1onc(-c2ccccc2)c1C(=O)NC(C)c1ccc(S(C)(=O)=O)cc1. The van der Waals surface area contributed by atoms with E-state index in [9.17, 15) is 13.2 Å². The number of aryl methyl sites for hydroxylation is 1. The van der Waals surface area contributed by atoms with Crippen molar-refractivity contribution in [1.82, 2.24) is 10.5 Å². The van der Waals surface area contributed by atoms with Crippen LogP contribution >= 0.6 is 0 Å².